The van der Waals surface area contributed by atoms with Crippen LogP contribution in [-0.4, -0.2) is 11.9 Å². The molecule has 8 rings (SSSR count). The maximum atomic E-state index is 11.9. The summed E-state index contributed by atoms with van der Waals surface area (Å²) in [5.41, 5.74) is 6.43. The quantitative estimate of drug-likeness (QED) is 0.107. The number of fused-ring (bicyclic) bond motifs is 6. The lowest BCUT2D eigenvalue weighted by molar-refractivity contribution is -0.129. The van der Waals surface area contributed by atoms with Crippen LogP contribution in [0.3, 0.4) is 0 Å². The predicted octanol–water partition coefficient (Wildman–Crippen LogP) is 9.69. The van der Waals surface area contributed by atoms with Crippen molar-refractivity contribution < 1.29 is 19.1 Å². The number of carbonyl (C=O) groups excluding carboxylic acids is 2. The van der Waals surface area contributed by atoms with Gasteiger partial charge in [0.1, 0.15) is 11.5 Å². The van der Waals surface area contributed by atoms with Crippen LogP contribution in [-0.2, 0) is 15.0 Å². The molecule has 0 spiro atoms. The van der Waals surface area contributed by atoms with E-state index in [0.717, 1.165) is 44.8 Å². The van der Waals surface area contributed by atoms with Crippen LogP contribution in [0.1, 0.15) is 22.3 Å². The van der Waals surface area contributed by atoms with Crippen LogP contribution in [0.15, 0.2) is 159 Å². The Hall–Kier alpha value is -6.26. The van der Waals surface area contributed by atoms with Crippen LogP contribution in [0.2, 0.25) is 0 Å². The molecule has 7 aromatic rings. The van der Waals surface area contributed by atoms with Crippen molar-refractivity contribution in [2.24, 2.45) is 0 Å². The molecule has 0 amide bonds. The average molecular weight is 609 g/mol. The number of hydrogen-bond donors (Lipinski definition) is 0. The summed E-state index contributed by atoms with van der Waals surface area (Å²) in [6.45, 7) is 7.01. The van der Waals surface area contributed by atoms with E-state index in [4.69, 9.17) is 9.47 Å². The zero-order valence-electron chi connectivity index (χ0n) is 25.4. The minimum atomic E-state index is -0.639. The molecule has 0 aromatic heterocycles. The monoisotopic (exact) mass is 608 g/mol. The van der Waals surface area contributed by atoms with Crippen molar-refractivity contribution in [1.29, 1.82) is 0 Å². The van der Waals surface area contributed by atoms with Gasteiger partial charge < -0.3 is 9.47 Å². The van der Waals surface area contributed by atoms with Gasteiger partial charge in [0.2, 0.25) is 0 Å². The van der Waals surface area contributed by atoms with Gasteiger partial charge in [0.05, 0.1) is 5.41 Å². The van der Waals surface area contributed by atoms with Crippen molar-refractivity contribution in [2.75, 3.05) is 0 Å². The molecule has 0 aliphatic heterocycles. The average Bonchev–Trinajstić information content (AvgIpc) is 3.40. The molecule has 0 saturated carbocycles. The highest BCUT2D eigenvalue weighted by Gasteiger charge is 2.46. The number of benzene rings is 7. The minimum absolute atomic E-state index is 0.473. The molecule has 224 valence electrons. The first kappa shape index (κ1) is 28.2. The zero-order valence-corrected chi connectivity index (χ0v) is 25.4. The molecule has 47 heavy (non-hydrogen) atoms. The molecule has 7 aromatic carbocycles. The highest BCUT2D eigenvalue weighted by molar-refractivity contribution is 5.98. The van der Waals surface area contributed by atoms with Gasteiger partial charge in [-0.2, -0.15) is 0 Å². The van der Waals surface area contributed by atoms with Crippen LogP contribution < -0.4 is 9.47 Å². The van der Waals surface area contributed by atoms with Crippen molar-refractivity contribution in [1.82, 2.24) is 0 Å². The molecule has 0 atom stereocenters. The summed E-state index contributed by atoms with van der Waals surface area (Å²) in [5, 5.41) is 6.35. The summed E-state index contributed by atoms with van der Waals surface area (Å²) in [4.78, 5) is 23.8. The third kappa shape index (κ3) is 4.53. The highest BCUT2D eigenvalue weighted by atomic mass is 16.5. The van der Waals surface area contributed by atoms with Gasteiger partial charge in [0.15, 0.2) is 0 Å². The van der Waals surface area contributed by atoms with Crippen molar-refractivity contribution in [2.45, 2.75) is 5.41 Å². The molecule has 1 aliphatic rings. The Morgan fingerprint density at radius 2 is 0.936 bits per heavy atom. The lowest BCUT2D eigenvalue weighted by Gasteiger charge is -2.34. The van der Waals surface area contributed by atoms with Gasteiger partial charge in [-0.15, -0.1) is 0 Å². The number of carbonyl (C=O) groups is 2. The summed E-state index contributed by atoms with van der Waals surface area (Å²) < 4.78 is 10.8. The second-order valence-electron chi connectivity index (χ2n) is 11.7. The Morgan fingerprint density at radius 3 is 1.51 bits per heavy atom. The number of hydrogen-bond acceptors (Lipinski definition) is 4. The molecule has 0 bridgehead atoms. The SMILES string of the molecule is C=CC(=O)Oc1ccc2cc(C3(c4ccc5cc(OC(=O)C=C)ccc5c4)c4ccccc4-c4cc5ccccc5cc43)ccc2c1. The van der Waals surface area contributed by atoms with Gasteiger partial charge in [0, 0.05) is 12.2 Å². The molecule has 4 nitrogen and oxygen atoms in total. The lowest BCUT2D eigenvalue weighted by atomic mass is 9.67. The maximum absolute atomic E-state index is 11.9. The van der Waals surface area contributed by atoms with E-state index in [1.54, 1.807) is 0 Å². The Kier molecular flexibility index (Phi) is 6.59. The van der Waals surface area contributed by atoms with E-state index in [1.807, 2.05) is 36.4 Å². The van der Waals surface area contributed by atoms with Gasteiger partial charge in [-0.05, 0) is 114 Å². The third-order valence-corrected chi connectivity index (χ3v) is 9.17. The summed E-state index contributed by atoms with van der Waals surface area (Å²) in [6, 6.07) is 46.3. The second-order valence-corrected chi connectivity index (χ2v) is 11.7. The van der Waals surface area contributed by atoms with E-state index in [0.29, 0.717) is 11.5 Å². The van der Waals surface area contributed by atoms with E-state index >= 15 is 0 Å². The van der Waals surface area contributed by atoms with Crippen LogP contribution in [0.4, 0.5) is 0 Å². The van der Waals surface area contributed by atoms with Crippen molar-refractivity contribution >= 4 is 44.3 Å². The normalized spacial score (nSPS) is 12.8. The first-order chi connectivity index (χ1) is 23.0. The predicted molar refractivity (Wildman–Crippen MR) is 188 cm³/mol. The van der Waals surface area contributed by atoms with E-state index in [2.05, 4.69) is 110 Å². The molecular weight excluding hydrogens is 580 g/mol. The molecule has 0 unspecified atom stereocenters. The summed E-state index contributed by atoms with van der Waals surface area (Å²) in [5.74, 6) is -0.0386. The van der Waals surface area contributed by atoms with E-state index in [1.165, 1.54) is 33.0 Å². The minimum Gasteiger partial charge on any atom is -0.423 e. The van der Waals surface area contributed by atoms with E-state index in [9.17, 15) is 9.59 Å². The topological polar surface area (TPSA) is 52.6 Å². The number of esters is 2. The number of rotatable bonds is 6. The lowest BCUT2D eigenvalue weighted by Crippen LogP contribution is -2.28. The van der Waals surface area contributed by atoms with Crippen LogP contribution in [0.5, 0.6) is 11.5 Å². The first-order valence-electron chi connectivity index (χ1n) is 15.4. The Labute approximate surface area is 271 Å². The van der Waals surface area contributed by atoms with Gasteiger partial charge in [-0.1, -0.05) is 98.1 Å². The molecule has 0 saturated heterocycles. The highest BCUT2D eigenvalue weighted by Crippen LogP contribution is 2.57. The van der Waals surface area contributed by atoms with Crippen molar-refractivity contribution in [3.8, 4) is 22.6 Å². The molecule has 0 fully saturated rings. The Bertz CT molecular complexity index is 2350. The standard InChI is InChI=1S/C43H28O4/c1-3-41(44)46-35-19-15-29-21-33(17-13-31(29)23-35)43(34-18-14-32-24-36(47-42(45)4-2)20-16-30(32)22-34)39-12-8-7-11-37(39)38-25-27-9-5-6-10-28(27)26-40(38)43/h3-26H,1-2H2. The fourth-order valence-corrected chi connectivity index (χ4v) is 7.11. The zero-order chi connectivity index (χ0) is 32.1. The van der Waals surface area contributed by atoms with Gasteiger partial charge in [-0.3, -0.25) is 0 Å². The van der Waals surface area contributed by atoms with Crippen LogP contribution >= 0.6 is 0 Å². The summed E-state index contributed by atoms with van der Waals surface area (Å²) in [6.07, 6.45) is 2.32. The smallest absolute Gasteiger partial charge is 0.335 e. The number of ether oxygens (including phenoxy) is 2. The molecule has 0 radical (unpaired) electrons. The van der Waals surface area contributed by atoms with Crippen LogP contribution in [0, 0.1) is 0 Å². The van der Waals surface area contributed by atoms with E-state index < -0.39 is 17.4 Å². The maximum Gasteiger partial charge on any atom is 0.335 e. The molecule has 0 heterocycles. The van der Waals surface area contributed by atoms with Gasteiger partial charge >= 0.3 is 11.9 Å². The Morgan fingerprint density at radius 1 is 0.468 bits per heavy atom. The van der Waals surface area contributed by atoms with Crippen LogP contribution in [0.25, 0.3) is 43.4 Å². The third-order valence-electron chi connectivity index (χ3n) is 9.17. The fraction of sp³-hybridized carbons (Fsp3) is 0.0233. The molecular formula is C43H28O4. The van der Waals surface area contributed by atoms with Crippen molar-refractivity contribution in [3.63, 3.8) is 0 Å². The molecule has 1 aliphatic carbocycles. The van der Waals surface area contributed by atoms with Crippen molar-refractivity contribution in [3.05, 3.63) is 181 Å². The largest absolute Gasteiger partial charge is 0.423 e. The molecule has 0 N–H and O–H groups in total. The molecule has 4 heteroatoms. The van der Waals surface area contributed by atoms with E-state index in [-0.39, 0.29) is 0 Å². The van der Waals surface area contributed by atoms with Gasteiger partial charge in [0.25, 0.3) is 0 Å². The second kappa shape index (κ2) is 11.0. The summed E-state index contributed by atoms with van der Waals surface area (Å²) in [7, 11) is 0. The van der Waals surface area contributed by atoms with Gasteiger partial charge in [-0.25, -0.2) is 9.59 Å². The fourth-order valence-electron chi connectivity index (χ4n) is 7.11. The Balaban J connectivity index is 1.40. The first-order valence-corrected chi connectivity index (χ1v) is 15.4. The summed E-state index contributed by atoms with van der Waals surface area (Å²) >= 11 is 0.